The highest BCUT2D eigenvalue weighted by molar-refractivity contribution is 6.24. The molecule has 0 saturated carbocycles. The smallest absolute Gasteiger partial charge is 0.144 e. The quantitative estimate of drug-likeness (QED) is 0.200. The van der Waals surface area contributed by atoms with Crippen LogP contribution in [0.2, 0.25) is 0 Å². The summed E-state index contributed by atoms with van der Waals surface area (Å²) in [7, 11) is 0. The van der Waals surface area contributed by atoms with Crippen LogP contribution in [0.5, 0.6) is 0 Å². The highest BCUT2D eigenvalue weighted by Crippen LogP contribution is 2.47. The Hall–Kier alpha value is -6.39. The minimum atomic E-state index is -0.00608. The molecule has 3 heterocycles. The first-order valence-corrected chi connectivity index (χ1v) is 16.3. The van der Waals surface area contributed by atoms with Crippen molar-refractivity contribution < 1.29 is 4.42 Å². The van der Waals surface area contributed by atoms with Gasteiger partial charge < -0.3 is 14.6 Å². The molecule has 1 aliphatic rings. The molecule has 0 bridgehead atoms. The van der Waals surface area contributed by atoms with Gasteiger partial charge in [-0.2, -0.15) is 0 Å². The Bertz CT molecular complexity index is 2680. The van der Waals surface area contributed by atoms with E-state index in [9.17, 15) is 0 Å². The second kappa shape index (κ2) is 10.6. The zero-order chi connectivity index (χ0) is 31.6. The van der Waals surface area contributed by atoms with E-state index in [1.54, 1.807) is 0 Å². The summed E-state index contributed by atoms with van der Waals surface area (Å²) in [5.41, 5.74) is 11.7. The molecule has 0 fully saturated rings. The van der Waals surface area contributed by atoms with Crippen molar-refractivity contribution in [3.63, 3.8) is 0 Å². The fraction of sp³-hybridized carbons (Fsp3) is 0.0227. The Morgan fingerprint density at radius 1 is 0.542 bits per heavy atom. The molecule has 4 nitrogen and oxygen atoms in total. The number of aromatic nitrogens is 1. The third kappa shape index (κ3) is 4.13. The number of para-hydroxylation sites is 4. The van der Waals surface area contributed by atoms with Crippen molar-refractivity contribution in [1.82, 2.24) is 4.98 Å². The van der Waals surface area contributed by atoms with Crippen molar-refractivity contribution in [1.29, 1.82) is 0 Å². The van der Waals surface area contributed by atoms with Crippen LogP contribution in [-0.2, 0) is 0 Å². The van der Waals surface area contributed by atoms with Crippen molar-refractivity contribution in [3.05, 3.63) is 169 Å². The van der Waals surface area contributed by atoms with Gasteiger partial charge in [-0.1, -0.05) is 115 Å². The highest BCUT2D eigenvalue weighted by Gasteiger charge is 2.31. The molecular formula is C44H29N3O. The average molecular weight is 616 g/mol. The fourth-order valence-corrected chi connectivity index (χ4v) is 7.43. The van der Waals surface area contributed by atoms with Crippen LogP contribution in [0.25, 0.3) is 66.0 Å². The Morgan fingerprint density at radius 2 is 1.25 bits per heavy atom. The van der Waals surface area contributed by atoms with E-state index >= 15 is 0 Å². The van der Waals surface area contributed by atoms with E-state index in [1.165, 1.54) is 11.3 Å². The fourth-order valence-electron chi connectivity index (χ4n) is 7.43. The molecule has 1 atom stereocenters. The van der Waals surface area contributed by atoms with Crippen LogP contribution in [0, 0.1) is 0 Å². The van der Waals surface area contributed by atoms with Crippen molar-refractivity contribution >= 4 is 60.7 Å². The third-order valence-corrected chi connectivity index (χ3v) is 9.63. The molecule has 226 valence electrons. The molecule has 1 unspecified atom stereocenters. The molecule has 2 aromatic heterocycles. The Labute approximate surface area is 277 Å². The summed E-state index contributed by atoms with van der Waals surface area (Å²) < 4.78 is 6.55. The maximum atomic E-state index is 6.55. The Morgan fingerprint density at radius 3 is 2.17 bits per heavy atom. The molecule has 0 aliphatic carbocycles. The predicted molar refractivity (Wildman–Crippen MR) is 199 cm³/mol. The number of rotatable bonds is 4. The van der Waals surface area contributed by atoms with Gasteiger partial charge in [-0.05, 0) is 65.2 Å². The lowest BCUT2D eigenvalue weighted by Gasteiger charge is -2.28. The molecule has 4 heteroatoms. The summed E-state index contributed by atoms with van der Waals surface area (Å²) in [6.07, 6.45) is -0.00608. The van der Waals surface area contributed by atoms with Gasteiger partial charge >= 0.3 is 0 Å². The van der Waals surface area contributed by atoms with Crippen molar-refractivity contribution in [2.75, 3.05) is 10.2 Å². The number of pyridine rings is 1. The maximum Gasteiger partial charge on any atom is 0.144 e. The second-order valence-corrected chi connectivity index (χ2v) is 12.4. The molecule has 9 aromatic rings. The van der Waals surface area contributed by atoms with E-state index in [2.05, 4.69) is 162 Å². The molecule has 48 heavy (non-hydrogen) atoms. The largest absolute Gasteiger partial charge is 0.455 e. The molecule has 0 spiro atoms. The van der Waals surface area contributed by atoms with E-state index in [0.29, 0.717) is 0 Å². The van der Waals surface area contributed by atoms with Gasteiger partial charge in [0.1, 0.15) is 17.3 Å². The number of fused-ring (bicyclic) bond motifs is 8. The number of nitrogens with one attached hydrogen (secondary N) is 1. The first-order chi connectivity index (χ1) is 23.8. The van der Waals surface area contributed by atoms with Gasteiger partial charge in [-0.25, -0.2) is 4.98 Å². The number of furan rings is 1. The highest BCUT2D eigenvalue weighted by atomic mass is 16.3. The third-order valence-electron chi connectivity index (χ3n) is 9.63. The average Bonchev–Trinajstić information content (AvgIpc) is 3.74. The van der Waals surface area contributed by atoms with Gasteiger partial charge in [0.2, 0.25) is 0 Å². The first-order valence-electron chi connectivity index (χ1n) is 16.3. The number of nitrogens with zero attached hydrogens (tertiary/aromatic N) is 2. The van der Waals surface area contributed by atoms with E-state index in [1.807, 2.05) is 12.1 Å². The monoisotopic (exact) mass is 615 g/mol. The first kappa shape index (κ1) is 26.8. The summed E-state index contributed by atoms with van der Waals surface area (Å²) >= 11 is 0. The van der Waals surface area contributed by atoms with Crippen molar-refractivity contribution in [3.8, 4) is 22.4 Å². The van der Waals surface area contributed by atoms with Gasteiger partial charge in [0.05, 0.1) is 22.6 Å². The van der Waals surface area contributed by atoms with Gasteiger partial charge in [0, 0.05) is 38.2 Å². The van der Waals surface area contributed by atoms with Crippen LogP contribution in [-0.4, -0.2) is 4.98 Å². The number of anilines is 3. The zero-order valence-electron chi connectivity index (χ0n) is 26.0. The van der Waals surface area contributed by atoms with Crippen LogP contribution in [0.1, 0.15) is 11.7 Å². The van der Waals surface area contributed by atoms with Crippen molar-refractivity contribution in [2.24, 2.45) is 0 Å². The van der Waals surface area contributed by atoms with E-state index in [0.717, 1.165) is 77.4 Å². The summed E-state index contributed by atoms with van der Waals surface area (Å²) in [6, 6.07) is 57.8. The minimum absolute atomic E-state index is 0.00608. The number of benzene rings is 7. The van der Waals surface area contributed by atoms with Crippen LogP contribution in [0.4, 0.5) is 17.1 Å². The molecular weight excluding hydrogens is 587 g/mol. The Balaban J connectivity index is 1.12. The van der Waals surface area contributed by atoms with Crippen LogP contribution in [0.15, 0.2) is 168 Å². The molecule has 0 saturated heterocycles. The molecule has 1 N–H and O–H groups in total. The number of hydrogen-bond donors (Lipinski definition) is 1. The standard InChI is InChI=1S/C44H29N3O/c1-2-12-28(13-3-1)44-46-38-21-7-8-22-39(38)47(44)32-17-11-15-30(27-32)29-14-10-16-31(26-29)42-36-25-24-34-33-18-5-9-23-40(33)48-43(34)41(36)35-19-4-6-20-37(35)45-42/h1-27,44,46H. The molecule has 1 aliphatic heterocycles. The zero-order valence-corrected chi connectivity index (χ0v) is 26.0. The summed E-state index contributed by atoms with van der Waals surface area (Å²) in [5.74, 6) is 0. The second-order valence-electron chi connectivity index (χ2n) is 12.4. The summed E-state index contributed by atoms with van der Waals surface area (Å²) in [4.78, 5) is 7.66. The van der Waals surface area contributed by atoms with Crippen LogP contribution >= 0.6 is 0 Å². The van der Waals surface area contributed by atoms with E-state index in [-0.39, 0.29) is 6.17 Å². The van der Waals surface area contributed by atoms with Crippen LogP contribution in [0.3, 0.4) is 0 Å². The molecule has 0 radical (unpaired) electrons. The van der Waals surface area contributed by atoms with Gasteiger partial charge in [0.25, 0.3) is 0 Å². The van der Waals surface area contributed by atoms with E-state index in [4.69, 9.17) is 9.40 Å². The van der Waals surface area contributed by atoms with Gasteiger partial charge in [-0.3, -0.25) is 0 Å². The van der Waals surface area contributed by atoms with Gasteiger partial charge in [-0.15, -0.1) is 0 Å². The maximum absolute atomic E-state index is 6.55. The molecule has 0 amide bonds. The van der Waals surface area contributed by atoms with Crippen LogP contribution < -0.4 is 10.2 Å². The lowest BCUT2D eigenvalue weighted by Crippen LogP contribution is -2.23. The summed E-state index contributed by atoms with van der Waals surface area (Å²) in [5, 5.41) is 9.28. The lowest BCUT2D eigenvalue weighted by molar-refractivity contribution is 0.673. The topological polar surface area (TPSA) is 41.3 Å². The van der Waals surface area contributed by atoms with E-state index < -0.39 is 0 Å². The van der Waals surface area contributed by atoms with Gasteiger partial charge in [0.15, 0.2) is 0 Å². The molecule has 10 rings (SSSR count). The molecule has 7 aromatic carbocycles. The predicted octanol–water partition coefficient (Wildman–Crippen LogP) is 11.9. The minimum Gasteiger partial charge on any atom is -0.455 e. The Kier molecular flexibility index (Phi) is 5.90. The number of hydrogen-bond acceptors (Lipinski definition) is 4. The summed E-state index contributed by atoms with van der Waals surface area (Å²) in [6.45, 7) is 0. The SMILES string of the molecule is c1ccc(C2Nc3ccccc3N2c2cccc(-c3cccc(-c4nc5ccccc5c5c4ccc4c6ccccc6oc45)c3)c2)cc1. The lowest BCUT2D eigenvalue weighted by atomic mass is 9.95. The van der Waals surface area contributed by atoms with Crippen molar-refractivity contribution in [2.45, 2.75) is 6.17 Å². The normalized spacial score (nSPS) is 14.2.